The fourth-order valence-electron chi connectivity index (χ4n) is 3.30. The van der Waals surface area contributed by atoms with E-state index in [0.717, 1.165) is 24.6 Å². The average Bonchev–Trinajstić information content (AvgIpc) is 2.41. The summed E-state index contributed by atoms with van der Waals surface area (Å²) in [7, 11) is 0. The molecule has 0 radical (unpaired) electrons. The molecule has 1 N–H and O–H groups in total. The normalized spacial score (nSPS) is 19.1. The van der Waals surface area contributed by atoms with Gasteiger partial charge in [-0.15, -0.1) is 0 Å². The highest BCUT2D eigenvalue weighted by molar-refractivity contribution is 5.19. The third kappa shape index (κ3) is 3.62. The van der Waals surface area contributed by atoms with E-state index in [9.17, 15) is 5.11 Å². The summed E-state index contributed by atoms with van der Waals surface area (Å²) in [4.78, 5) is 2.49. The second kappa shape index (κ2) is 7.24. The SMILES string of the molecule is CCN(CC1CCC1)C(C(C)C)C(O)c1ccccc1. The molecule has 1 aliphatic rings. The predicted molar refractivity (Wildman–Crippen MR) is 84.6 cm³/mol. The predicted octanol–water partition coefficient (Wildman–Crippen LogP) is 3.87. The van der Waals surface area contributed by atoms with Crippen molar-refractivity contribution in [2.24, 2.45) is 11.8 Å². The molecule has 0 saturated heterocycles. The van der Waals surface area contributed by atoms with E-state index in [2.05, 4.69) is 25.7 Å². The molecule has 0 spiro atoms. The second-order valence-corrected chi connectivity index (χ2v) is 6.47. The van der Waals surface area contributed by atoms with Crippen molar-refractivity contribution in [3.63, 3.8) is 0 Å². The molecule has 2 heteroatoms. The maximum Gasteiger partial charge on any atom is 0.0947 e. The minimum atomic E-state index is -0.392. The summed E-state index contributed by atoms with van der Waals surface area (Å²) in [5.74, 6) is 1.30. The molecule has 1 saturated carbocycles. The van der Waals surface area contributed by atoms with Crippen LogP contribution in [-0.2, 0) is 0 Å². The van der Waals surface area contributed by atoms with Gasteiger partial charge in [-0.3, -0.25) is 4.90 Å². The van der Waals surface area contributed by atoms with Gasteiger partial charge in [0.05, 0.1) is 6.10 Å². The number of benzene rings is 1. The molecule has 1 fully saturated rings. The number of likely N-dealkylation sites (N-methyl/N-ethyl adjacent to an activating group) is 1. The highest BCUT2D eigenvalue weighted by atomic mass is 16.3. The van der Waals surface area contributed by atoms with Crippen molar-refractivity contribution in [1.29, 1.82) is 0 Å². The van der Waals surface area contributed by atoms with Crippen LogP contribution in [0.3, 0.4) is 0 Å². The van der Waals surface area contributed by atoms with Crippen LogP contribution >= 0.6 is 0 Å². The molecule has 2 unspecified atom stereocenters. The first-order valence-electron chi connectivity index (χ1n) is 8.10. The van der Waals surface area contributed by atoms with E-state index >= 15 is 0 Å². The number of hydrogen-bond acceptors (Lipinski definition) is 2. The van der Waals surface area contributed by atoms with Crippen LogP contribution in [0.1, 0.15) is 51.7 Å². The lowest BCUT2D eigenvalue weighted by Gasteiger charge is -2.41. The summed E-state index contributed by atoms with van der Waals surface area (Å²) >= 11 is 0. The van der Waals surface area contributed by atoms with E-state index < -0.39 is 6.10 Å². The Labute approximate surface area is 123 Å². The molecule has 2 atom stereocenters. The third-order valence-electron chi connectivity index (χ3n) is 4.69. The van der Waals surface area contributed by atoms with Crippen molar-refractivity contribution in [1.82, 2.24) is 4.90 Å². The Morgan fingerprint density at radius 1 is 1.20 bits per heavy atom. The zero-order chi connectivity index (χ0) is 14.5. The van der Waals surface area contributed by atoms with Crippen LogP contribution in [0.4, 0.5) is 0 Å². The summed E-state index contributed by atoms with van der Waals surface area (Å²) in [5.41, 5.74) is 1.04. The Morgan fingerprint density at radius 2 is 1.85 bits per heavy atom. The van der Waals surface area contributed by atoms with Crippen molar-refractivity contribution in [3.05, 3.63) is 35.9 Å². The van der Waals surface area contributed by atoms with Crippen molar-refractivity contribution in [2.75, 3.05) is 13.1 Å². The second-order valence-electron chi connectivity index (χ2n) is 6.47. The van der Waals surface area contributed by atoms with E-state index in [4.69, 9.17) is 0 Å². The Morgan fingerprint density at radius 3 is 2.30 bits per heavy atom. The quantitative estimate of drug-likeness (QED) is 0.816. The van der Waals surface area contributed by atoms with Crippen LogP contribution in [0, 0.1) is 11.8 Å². The molecule has 0 aliphatic heterocycles. The van der Waals surface area contributed by atoms with Crippen LogP contribution in [0.5, 0.6) is 0 Å². The molecule has 2 rings (SSSR count). The number of aliphatic hydroxyl groups is 1. The van der Waals surface area contributed by atoms with Gasteiger partial charge in [0.1, 0.15) is 0 Å². The maximum atomic E-state index is 10.8. The fraction of sp³-hybridized carbons (Fsp3) is 0.667. The fourth-order valence-corrected chi connectivity index (χ4v) is 3.30. The van der Waals surface area contributed by atoms with Crippen molar-refractivity contribution in [2.45, 2.75) is 52.2 Å². The first-order chi connectivity index (χ1) is 9.63. The van der Waals surface area contributed by atoms with Gasteiger partial charge in [-0.05, 0) is 36.8 Å². The number of rotatable bonds is 7. The van der Waals surface area contributed by atoms with Gasteiger partial charge in [0.15, 0.2) is 0 Å². The Bertz CT molecular complexity index is 386. The molecule has 1 aliphatic carbocycles. The van der Waals surface area contributed by atoms with Crippen LogP contribution in [-0.4, -0.2) is 29.1 Å². The van der Waals surface area contributed by atoms with Crippen molar-refractivity contribution < 1.29 is 5.11 Å². The molecular formula is C18H29NO. The first kappa shape index (κ1) is 15.5. The summed E-state index contributed by atoms with van der Waals surface area (Å²) in [6.07, 6.45) is 3.72. The molecule has 0 bridgehead atoms. The third-order valence-corrected chi connectivity index (χ3v) is 4.69. The first-order valence-corrected chi connectivity index (χ1v) is 8.10. The molecule has 0 aromatic heterocycles. The van der Waals surface area contributed by atoms with Gasteiger partial charge in [-0.1, -0.05) is 57.5 Å². The Hall–Kier alpha value is -0.860. The number of hydrogen-bond donors (Lipinski definition) is 1. The largest absolute Gasteiger partial charge is 0.387 e. The molecular weight excluding hydrogens is 246 g/mol. The van der Waals surface area contributed by atoms with Crippen LogP contribution in [0.2, 0.25) is 0 Å². The van der Waals surface area contributed by atoms with E-state index in [1.54, 1.807) is 0 Å². The summed E-state index contributed by atoms with van der Waals surface area (Å²) < 4.78 is 0. The van der Waals surface area contributed by atoms with Crippen molar-refractivity contribution in [3.8, 4) is 0 Å². The summed E-state index contributed by atoms with van der Waals surface area (Å²) in [6, 6.07) is 10.3. The highest BCUT2D eigenvalue weighted by Gasteiger charge is 2.31. The summed E-state index contributed by atoms with van der Waals surface area (Å²) in [5, 5.41) is 10.8. The molecule has 0 amide bonds. The Kier molecular flexibility index (Phi) is 5.62. The molecule has 2 nitrogen and oxygen atoms in total. The van der Waals surface area contributed by atoms with Crippen LogP contribution < -0.4 is 0 Å². The molecule has 0 heterocycles. The minimum Gasteiger partial charge on any atom is -0.387 e. The zero-order valence-corrected chi connectivity index (χ0v) is 13.1. The summed E-state index contributed by atoms with van der Waals surface area (Å²) in [6.45, 7) is 8.82. The van der Waals surface area contributed by atoms with E-state index in [1.165, 1.54) is 19.3 Å². The lowest BCUT2D eigenvalue weighted by molar-refractivity contribution is 0.00994. The average molecular weight is 275 g/mol. The Balaban J connectivity index is 2.11. The topological polar surface area (TPSA) is 23.5 Å². The molecule has 20 heavy (non-hydrogen) atoms. The smallest absolute Gasteiger partial charge is 0.0947 e. The van der Waals surface area contributed by atoms with Gasteiger partial charge < -0.3 is 5.11 Å². The van der Waals surface area contributed by atoms with Gasteiger partial charge in [-0.2, -0.15) is 0 Å². The molecule has 112 valence electrons. The molecule has 1 aromatic carbocycles. The van der Waals surface area contributed by atoms with Crippen LogP contribution in [0.25, 0.3) is 0 Å². The van der Waals surface area contributed by atoms with Crippen molar-refractivity contribution >= 4 is 0 Å². The minimum absolute atomic E-state index is 0.211. The molecule has 1 aromatic rings. The van der Waals surface area contributed by atoms with Gasteiger partial charge in [-0.25, -0.2) is 0 Å². The van der Waals surface area contributed by atoms with E-state index in [1.807, 2.05) is 30.3 Å². The monoisotopic (exact) mass is 275 g/mol. The van der Waals surface area contributed by atoms with Gasteiger partial charge in [0.2, 0.25) is 0 Å². The van der Waals surface area contributed by atoms with E-state index in [0.29, 0.717) is 5.92 Å². The zero-order valence-electron chi connectivity index (χ0n) is 13.1. The lowest BCUT2D eigenvalue weighted by Crippen LogP contribution is -2.46. The maximum absolute atomic E-state index is 10.8. The van der Waals surface area contributed by atoms with Gasteiger partial charge in [0.25, 0.3) is 0 Å². The van der Waals surface area contributed by atoms with Gasteiger partial charge in [0, 0.05) is 12.6 Å². The number of aliphatic hydroxyl groups excluding tert-OH is 1. The number of nitrogens with zero attached hydrogens (tertiary/aromatic N) is 1. The van der Waals surface area contributed by atoms with Crippen LogP contribution in [0.15, 0.2) is 30.3 Å². The van der Waals surface area contributed by atoms with E-state index in [-0.39, 0.29) is 6.04 Å². The standard InChI is InChI=1S/C18H29NO/c1-4-19(13-15-9-8-10-15)17(14(2)3)18(20)16-11-6-5-7-12-16/h5-7,11-12,14-15,17-18,20H,4,8-10,13H2,1-3H3. The lowest BCUT2D eigenvalue weighted by atomic mass is 9.83. The van der Waals surface area contributed by atoms with Gasteiger partial charge >= 0.3 is 0 Å². The highest BCUT2D eigenvalue weighted by Crippen LogP contribution is 2.32.